The SMILES string of the molecule is CC(C)C(C)(C)CNCc1cn(CCO)nn1. The Morgan fingerprint density at radius 2 is 2.18 bits per heavy atom. The highest BCUT2D eigenvalue weighted by Crippen LogP contribution is 2.24. The van der Waals surface area contributed by atoms with E-state index < -0.39 is 0 Å². The monoisotopic (exact) mass is 240 g/mol. The molecule has 0 atom stereocenters. The Morgan fingerprint density at radius 1 is 1.47 bits per heavy atom. The Bertz CT molecular complexity index is 333. The number of aliphatic hydroxyl groups excluding tert-OH is 1. The second kappa shape index (κ2) is 6.12. The van der Waals surface area contributed by atoms with Crippen LogP contribution in [0.2, 0.25) is 0 Å². The third-order valence-corrected chi connectivity index (χ3v) is 3.36. The number of hydrogen-bond donors (Lipinski definition) is 2. The van der Waals surface area contributed by atoms with E-state index in [2.05, 4.69) is 43.3 Å². The summed E-state index contributed by atoms with van der Waals surface area (Å²) in [5.41, 5.74) is 1.19. The summed E-state index contributed by atoms with van der Waals surface area (Å²) in [6.07, 6.45) is 1.87. The van der Waals surface area contributed by atoms with Crippen molar-refractivity contribution in [2.24, 2.45) is 11.3 Å². The molecule has 0 aliphatic carbocycles. The van der Waals surface area contributed by atoms with Crippen molar-refractivity contribution in [3.8, 4) is 0 Å². The lowest BCUT2D eigenvalue weighted by atomic mass is 9.81. The van der Waals surface area contributed by atoms with Gasteiger partial charge in [0.15, 0.2) is 0 Å². The number of aromatic nitrogens is 3. The predicted octanol–water partition coefficient (Wildman–Crippen LogP) is 1.04. The Labute approximate surface area is 103 Å². The summed E-state index contributed by atoms with van der Waals surface area (Å²) in [4.78, 5) is 0. The van der Waals surface area contributed by atoms with Crippen LogP contribution in [0.25, 0.3) is 0 Å². The van der Waals surface area contributed by atoms with Crippen molar-refractivity contribution in [2.45, 2.75) is 40.8 Å². The Hall–Kier alpha value is -0.940. The zero-order valence-electron chi connectivity index (χ0n) is 11.3. The molecule has 1 rings (SSSR count). The largest absolute Gasteiger partial charge is 0.394 e. The van der Waals surface area contributed by atoms with Gasteiger partial charge in [-0.05, 0) is 11.3 Å². The maximum Gasteiger partial charge on any atom is 0.0964 e. The van der Waals surface area contributed by atoms with Crippen molar-refractivity contribution >= 4 is 0 Å². The molecule has 0 aromatic carbocycles. The molecule has 0 amide bonds. The van der Waals surface area contributed by atoms with Gasteiger partial charge in [0.1, 0.15) is 0 Å². The first kappa shape index (κ1) is 14.1. The van der Waals surface area contributed by atoms with Crippen LogP contribution >= 0.6 is 0 Å². The maximum absolute atomic E-state index is 8.77. The van der Waals surface area contributed by atoms with Gasteiger partial charge in [-0.25, -0.2) is 4.68 Å². The average Bonchev–Trinajstić information content (AvgIpc) is 2.66. The zero-order valence-corrected chi connectivity index (χ0v) is 11.3. The smallest absolute Gasteiger partial charge is 0.0964 e. The molecule has 17 heavy (non-hydrogen) atoms. The summed E-state index contributed by atoms with van der Waals surface area (Å²) in [7, 11) is 0. The lowest BCUT2D eigenvalue weighted by Gasteiger charge is -2.29. The third kappa shape index (κ3) is 4.44. The molecule has 1 heterocycles. The molecule has 2 N–H and O–H groups in total. The molecule has 5 nitrogen and oxygen atoms in total. The minimum absolute atomic E-state index is 0.0939. The van der Waals surface area contributed by atoms with Gasteiger partial charge in [0, 0.05) is 19.3 Å². The van der Waals surface area contributed by atoms with Crippen LogP contribution in [0, 0.1) is 11.3 Å². The van der Waals surface area contributed by atoms with Gasteiger partial charge in [-0.1, -0.05) is 32.9 Å². The third-order valence-electron chi connectivity index (χ3n) is 3.36. The van der Waals surface area contributed by atoms with Crippen molar-refractivity contribution in [3.63, 3.8) is 0 Å². The molecule has 0 aliphatic rings. The van der Waals surface area contributed by atoms with E-state index >= 15 is 0 Å². The Kier molecular flexibility index (Phi) is 5.08. The number of nitrogens with one attached hydrogen (secondary N) is 1. The standard InChI is InChI=1S/C12H24N4O/c1-10(2)12(3,4)9-13-7-11-8-16(5-6-17)15-14-11/h8,10,13,17H,5-7,9H2,1-4H3. The topological polar surface area (TPSA) is 63.0 Å². The van der Waals surface area contributed by atoms with Gasteiger partial charge in [0.05, 0.1) is 18.8 Å². The second-order valence-electron chi connectivity index (χ2n) is 5.44. The molecule has 0 unspecified atom stereocenters. The van der Waals surface area contributed by atoms with Crippen LogP contribution in [0.5, 0.6) is 0 Å². The fourth-order valence-electron chi connectivity index (χ4n) is 1.35. The number of nitrogens with zero attached hydrogens (tertiary/aromatic N) is 3. The molecule has 0 radical (unpaired) electrons. The van der Waals surface area contributed by atoms with Crippen molar-refractivity contribution in [3.05, 3.63) is 11.9 Å². The fraction of sp³-hybridized carbons (Fsp3) is 0.833. The molecule has 5 heteroatoms. The molecule has 0 spiro atoms. The van der Waals surface area contributed by atoms with E-state index in [9.17, 15) is 0 Å². The molecule has 0 saturated heterocycles. The van der Waals surface area contributed by atoms with Gasteiger partial charge in [0.25, 0.3) is 0 Å². The van der Waals surface area contributed by atoms with E-state index in [1.165, 1.54) is 0 Å². The highest BCUT2D eigenvalue weighted by Gasteiger charge is 2.21. The van der Waals surface area contributed by atoms with Crippen LogP contribution in [-0.2, 0) is 13.1 Å². The first-order valence-corrected chi connectivity index (χ1v) is 6.16. The van der Waals surface area contributed by atoms with Crippen LogP contribution in [0.4, 0.5) is 0 Å². The first-order valence-electron chi connectivity index (χ1n) is 6.16. The number of hydrogen-bond acceptors (Lipinski definition) is 4. The van der Waals surface area contributed by atoms with E-state index in [0.29, 0.717) is 12.5 Å². The van der Waals surface area contributed by atoms with Crippen molar-refractivity contribution in [1.29, 1.82) is 0 Å². The quantitative estimate of drug-likeness (QED) is 0.747. The molecule has 98 valence electrons. The summed E-state index contributed by atoms with van der Waals surface area (Å²) in [5.74, 6) is 0.639. The second-order valence-corrected chi connectivity index (χ2v) is 5.44. The van der Waals surface area contributed by atoms with Crippen molar-refractivity contribution in [2.75, 3.05) is 13.2 Å². The highest BCUT2D eigenvalue weighted by atomic mass is 16.3. The predicted molar refractivity (Wildman–Crippen MR) is 67.4 cm³/mol. The van der Waals surface area contributed by atoms with E-state index in [0.717, 1.165) is 18.8 Å². The Morgan fingerprint density at radius 3 is 2.76 bits per heavy atom. The number of aliphatic hydroxyl groups is 1. The molecule has 0 bridgehead atoms. The minimum Gasteiger partial charge on any atom is -0.394 e. The maximum atomic E-state index is 8.77. The summed E-state index contributed by atoms with van der Waals surface area (Å²) in [6, 6.07) is 0. The molecule has 0 fully saturated rings. The van der Waals surface area contributed by atoms with E-state index in [4.69, 9.17) is 5.11 Å². The van der Waals surface area contributed by atoms with Gasteiger partial charge < -0.3 is 10.4 Å². The summed E-state index contributed by atoms with van der Waals surface area (Å²) in [6.45, 7) is 11.3. The average molecular weight is 240 g/mol. The number of rotatable bonds is 7. The first-order chi connectivity index (χ1) is 7.95. The van der Waals surface area contributed by atoms with Crippen LogP contribution in [0.15, 0.2) is 6.20 Å². The van der Waals surface area contributed by atoms with Crippen LogP contribution < -0.4 is 5.32 Å². The Balaban J connectivity index is 2.35. The van der Waals surface area contributed by atoms with E-state index in [1.807, 2.05) is 6.20 Å². The summed E-state index contributed by atoms with van der Waals surface area (Å²) in [5, 5.41) is 20.1. The normalized spacial score (nSPS) is 12.4. The van der Waals surface area contributed by atoms with E-state index in [-0.39, 0.29) is 12.0 Å². The van der Waals surface area contributed by atoms with Gasteiger partial charge in [-0.15, -0.1) is 5.10 Å². The molecule has 0 aliphatic heterocycles. The molecule has 0 saturated carbocycles. The molecule has 1 aromatic heterocycles. The van der Waals surface area contributed by atoms with Gasteiger partial charge in [-0.2, -0.15) is 0 Å². The van der Waals surface area contributed by atoms with E-state index in [1.54, 1.807) is 4.68 Å². The fourth-order valence-corrected chi connectivity index (χ4v) is 1.35. The minimum atomic E-state index is 0.0939. The van der Waals surface area contributed by atoms with Gasteiger partial charge in [-0.3, -0.25) is 0 Å². The highest BCUT2D eigenvalue weighted by molar-refractivity contribution is 4.92. The molecular weight excluding hydrogens is 216 g/mol. The zero-order chi connectivity index (χ0) is 12.9. The molecular formula is C12H24N4O. The van der Waals surface area contributed by atoms with Crippen LogP contribution in [-0.4, -0.2) is 33.3 Å². The summed E-state index contributed by atoms with van der Waals surface area (Å²) < 4.78 is 1.66. The van der Waals surface area contributed by atoms with Crippen molar-refractivity contribution in [1.82, 2.24) is 20.3 Å². The molecule has 1 aromatic rings. The van der Waals surface area contributed by atoms with Crippen molar-refractivity contribution < 1.29 is 5.11 Å². The van der Waals surface area contributed by atoms with Gasteiger partial charge >= 0.3 is 0 Å². The lowest BCUT2D eigenvalue weighted by Crippen LogP contribution is -2.33. The summed E-state index contributed by atoms with van der Waals surface area (Å²) >= 11 is 0. The van der Waals surface area contributed by atoms with Crippen LogP contribution in [0.1, 0.15) is 33.4 Å². The lowest BCUT2D eigenvalue weighted by molar-refractivity contribution is 0.237. The van der Waals surface area contributed by atoms with Crippen LogP contribution in [0.3, 0.4) is 0 Å². The van der Waals surface area contributed by atoms with Gasteiger partial charge in [0.2, 0.25) is 0 Å².